The van der Waals surface area contributed by atoms with E-state index in [1.165, 1.54) is 23.1 Å². The summed E-state index contributed by atoms with van der Waals surface area (Å²) in [5, 5.41) is 2.62. The zero-order valence-electron chi connectivity index (χ0n) is 14.9. The molecule has 0 spiro atoms. The zero-order chi connectivity index (χ0) is 18.8. The minimum absolute atomic E-state index is 0.0310. The SMILES string of the molecule is CSc1ncccc1C(=O)N1CCN(Cc2cc(=O)n3ccsc3n2)CC1. The Bertz CT molecular complexity index is 1020. The summed E-state index contributed by atoms with van der Waals surface area (Å²) >= 11 is 2.94. The van der Waals surface area contributed by atoms with E-state index in [0.29, 0.717) is 30.2 Å². The van der Waals surface area contributed by atoms with Gasteiger partial charge in [0.15, 0.2) is 4.96 Å². The van der Waals surface area contributed by atoms with Crippen molar-refractivity contribution in [2.24, 2.45) is 0 Å². The first-order chi connectivity index (χ1) is 13.2. The second-order valence-corrected chi connectivity index (χ2v) is 7.94. The van der Waals surface area contributed by atoms with Crippen LogP contribution in [0.1, 0.15) is 16.1 Å². The lowest BCUT2D eigenvalue weighted by Crippen LogP contribution is -2.48. The highest BCUT2D eigenvalue weighted by atomic mass is 32.2. The van der Waals surface area contributed by atoms with Crippen molar-refractivity contribution >= 4 is 34.0 Å². The summed E-state index contributed by atoms with van der Waals surface area (Å²) in [5.74, 6) is 0.0310. The fourth-order valence-electron chi connectivity index (χ4n) is 3.19. The number of thioether (sulfide) groups is 1. The molecule has 0 atom stereocenters. The molecule has 0 aliphatic carbocycles. The molecule has 3 aromatic heterocycles. The summed E-state index contributed by atoms with van der Waals surface area (Å²) in [5.41, 5.74) is 1.39. The predicted octanol–water partition coefficient (Wildman–Crippen LogP) is 1.83. The molecule has 4 rings (SSSR count). The van der Waals surface area contributed by atoms with Crippen LogP contribution in [0.2, 0.25) is 0 Å². The van der Waals surface area contributed by atoms with E-state index in [1.54, 1.807) is 28.9 Å². The Kier molecular flexibility index (Phi) is 5.24. The number of nitrogens with zero attached hydrogens (tertiary/aromatic N) is 5. The highest BCUT2D eigenvalue weighted by molar-refractivity contribution is 7.98. The first-order valence-corrected chi connectivity index (χ1v) is 10.7. The van der Waals surface area contributed by atoms with Crippen LogP contribution in [0.25, 0.3) is 4.96 Å². The topological polar surface area (TPSA) is 70.8 Å². The number of hydrogen-bond acceptors (Lipinski definition) is 7. The van der Waals surface area contributed by atoms with Crippen molar-refractivity contribution in [2.45, 2.75) is 11.6 Å². The first kappa shape index (κ1) is 18.1. The fraction of sp³-hybridized carbons (Fsp3) is 0.333. The zero-order valence-corrected chi connectivity index (χ0v) is 16.5. The van der Waals surface area contributed by atoms with E-state index in [2.05, 4.69) is 14.9 Å². The molecule has 0 unspecified atom stereocenters. The largest absolute Gasteiger partial charge is 0.336 e. The molecule has 3 aromatic rings. The lowest BCUT2D eigenvalue weighted by atomic mass is 10.2. The van der Waals surface area contributed by atoms with Gasteiger partial charge in [-0.2, -0.15) is 0 Å². The van der Waals surface area contributed by atoms with Gasteiger partial charge in [0.05, 0.1) is 11.3 Å². The monoisotopic (exact) mass is 401 g/mol. The van der Waals surface area contributed by atoms with E-state index in [0.717, 1.165) is 23.8 Å². The van der Waals surface area contributed by atoms with Crippen molar-refractivity contribution in [1.82, 2.24) is 24.2 Å². The average Bonchev–Trinajstić information content (AvgIpc) is 3.17. The van der Waals surface area contributed by atoms with Gasteiger partial charge in [0, 0.05) is 56.6 Å². The fourth-order valence-corrected chi connectivity index (χ4v) is 4.47. The van der Waals surface area contributed by atoms with Crippen LogP contribution in [-0.4, -0.2) is 62.5 Å². The Morgan fingerprint density at radius 3 is 2.89 bits per heavy atom. The van der Waals surface area contributed by atoms with Crippen molar-refractivity contribution in [2.75, 3.05) is 32.4 Å². The molecule has 0 aromatic carbocycles. The summed E-state index contributed by atoms with van der Waals surface area (Å²) in [6, 6.07) is 5.23. The number of thiazole rings is 1. The number of piperazine rings is 1. The minimum Gasteiger partial charge on any atom is -0.336 e. The predicted molar refractivity (Wildman–Crippen MR) is 107 cm³/mol. The molecule has 9 heteroatoms. The van der Waals surface area contributed by atoms with Crippen molar-refractivity contribution < 1.29 is 4.79 Å². The van der Waals surface area contributed by atoms with Gasteiger partial charge in [0.2, 0.25) is 0 Å². The van der Waals surface area contributed by atoms with Crippen LogP contribution < -0.4 is 5.56 Å². The number of pyridine rings is 1. The van der Waals surface area contributed by atoms with E-state index >= 15 is 0 Å². The van der Waals surface area contributed by atoms with Crippen LogP contribution in [0.5, 0.6) is 0 Å². The Balaban J connectivity index is 1.41. The van der Waals surface area contributed by atoms with Gasteiger partial charge in [-0.3, -0.25) is 18.9 Å². The third-order valence-corrected chi connectivity index (χ3v) is 6.06. The van der Waals surface area contributed by atoms with Crippen molar-refractivity contribution in [3.05, 3.63) is 57.6 Å². The van der Waals surface area contributed by atoms with Crippen LogP contribution in [0.4, 0.5) is 0 Å². The van der Waals surface area contributed by atoms with E-state index in [4.69, 9.17) is 0 Å². The standard InChI is InChI=1S/C18H19N5O2S2/c1-26-16-14(3-2-4-19-16)17(25)22-7-5-21(6-8-22)12-13-11-15(24)23-9-10-27-18(23)20-13/h2-4,9-11H,5-8,12H2,1H3. The molecule has 1 saturated heterocycles. The van der Waals surface area contributed by atoms with E-state index in [1.807, 2.05) is 22.6 Å². The maximum Gasteiger partial charge on any atom is 0.258 e. The molecule has 4 heterocycles. The van der Waals surface area contributed by atoms with Crippen LogP contribution in [0.3, 0.4) is 0 Å². The number of fused-ring (bicyclic) bond motifs is 1. The highest BCUT2D eigenvalue weighted by Gasteiger charge is 2.24. The number of carbonyl (C=O) groups is 1. The molecule has 0 saturated carbocycles. The number of carbonyl (C=O) groups excluding carboxylic acids is 1. The number of amides is 1. The highest BCUT2D eigenvalue weighted by Crippen LogP contribution is 2.19. The molecular weight excluding hydrogens is 382 g/mol. The summed E-state index contributed by atoms with van der Waals surface area (Å²) in [7, 11) is 0. The summed E-state index contributed by atoms with van der Waals surface area (Å²) in [6.07, 6.45) is 5.38. The molecule has 27 heavy (non-hydrogen) atoms. The molecule has 1 aliphatic heterocycles. The molecule has 140 valence electrons. The van der Waals surface area contributed by atoms with Gasteiger partial charge in [-0.15, -0.1) is 23.1 Å². The van der Waals surface area contributed by atoms with Crippen LogP contribution in [0.15, 0.2) is 45.8 Å². The van der Waals surface area contributed by atoms with Crippen LogP contribution in [-0.2, 0) is 6.54 Å². The molecule has 0 radical (unpaired) electrons. The Hall–Kier alpha value is -2.23. The van der Waals surface area contributed by atoms with E-state index in [9.17, 15) is 9.59 Å². The quantitative estimate of drug-likeness (QED) is 0.621. The van der Waals surface area contributed by atoms with E-state index < -0.39 is 0 Å². The summed E-state index contributed by atoms with van der Waals surface area (Å²) < 4.78 is 1.56. The molecule has 1 amide bonds. The summed E-state index contributed by atoms with van der Waals surface area (Å²) in [4.78, 5) is 38.6. The van der Waals surface area contributed by atoms with Gasteiger partial charge in [0.25, 0.3) is 11.5 Å². The second-order valence-electron chi connectivity index (χ2n) is 6.27. The normalized spacial score (nSPS) is 15.4. The minimum atomic E-state index is -0.0498. The van der Waals surface area contributed by atoms with Crippen LogP contribution in [0, 0.1) is 0 Å². The third kappa shape index (κ3) is 3.76. The lowest BCUT2D eigenvalue weighted by molar-refractivity contribution is 0.0623. The second kappa shape index (κ2) is 7.79. The first-order valence-electron chi connectivity index (χ1n) is 8.62. The Morgan fingerprint density at radius 1 is 1.30 bits per heavy atom. The lowest BCUT2D eigenvalue weighted by Gasteiger charge is -2.34. The Morgan fingerprint density at radius 2 is 2.11 bits per heavy atom. The van der Waals surface area contributed by atoms with Crippen molar-refractivity contribution in [3.63, 3.8) is 0 Å². The number of aromatic nitrogens is 3. The van der Waals surface area contributed by atoms with Crippen molar-refractivity contribution in [3.8, 4) is 0 Å². The molecule has 0 bridgehead atoms. The van der Waals surface area contributed by atoms with Gasteiger partial charge in [-0.05, 0) is 18.4 Å². The molecular formula is C18H19N5O2S2. The molecule has 1 fully saturated rings. The van der Waals surface area contributed by atoms with Gasteiger partial charge in [-0.25, -0.2) is 9.97 Å². The molecule has 1 aliphatic rings. The smallest absolute Gasteiger partial charge is 0.258 e. The maximum absolute atomic E-state index is 12.8. The Labute approximate surface area is 164 Å². The van der Waals surface area contributed by atoms with Gasteiger partial charge < -0.3 is 4.90 Å². The average molecular weight is 402 g/mol. The van der Waals surface area contributed by atoms with Crippen molar-refractivity contribution in [1.29, 1.82) is 0 Å². The number of hydrogen-bond donors (Lipinski definition) is 0. The molecule has 7 nitrogen and oxygen atoms in total. The van der Waals surface area contributed by atoms with E-state index in [-0.39, 0.29) is 11.5 Å². The van der Waals surface area contributed by atoms with Gasteiger partial charge in [0.1, 0.15) is 5.03 Å². The maximum atomic E-state index is 12.8. The molecule has 0 N–H and O–H groups in total. The van der Waals surface area contributed by atoms with Gasteiger partial charge >= 0.3 is 0 Å². The van der Waals surface area contributed by atoms with Crippen LogP contribution >= 0.6 is 23.1 Å². The number of rotatable bonds is 4. The third-order valence-electron chi connectivity index (χ3n) is 4.60. The summed E-state index contributed by atoms with van der Waals surface area (Å²) in [6.45, 7) is 3.44. The van der Waals surface area contributed by atoms with Gasteiger partial charge in [-0.1, -0.05) is 0 Å².